The number of halogens is 4. The summed E-state index contributed by atoms with van der Waals surface area (Å²) in [7, 11) is 0. The van der Waals surface area contributed by atoms with E-state index >= 15 is 0 Å². The van der Waals surface area contributed by atoms with Gasteiger partial charge in [-0.2, -0.15) is 13.2 Å². The molecule has 0 aromatic heterocycles. The highest BCUT2D eigenvalue weighted by Gasteiger charge is 2.33. The van der Waals surface area contributed by atoms with Crippen molar-refractivity contribution in [1.82, 2.24) is 0 Å². The van der Waals surface area contributed by atoms with Crippen LogP contribution in [-0.2, 0) is 6.18 Å². The molecule has 2 aromatic carbocycles. The van der Waals surface area contributed by atoms with E-state index in [1.54, 1.807) is 0 Å². The first-order valence-electron chi connectivity index (χ1n) is 5.65. The monoisotopic (exact) mass is 300 g/mol. The van der Waals surface area contributed by atoms with Gasteiger partial charge in [-0.3, -0.25) is 10.1 Å². The number of benzene rings is 2. The Morgan fingerprint density at radius 2 is 1.81 bits per heavy atom. The summed E-state index contributed by atoms with van der Waals surface area (Å²) in [5.74, 6) is -0.574. The van der Waals surface area contributed by atoms with Crippen molar-refractivity contribution in [2.45, 2.75) is 6.18 Å². The van der Waals surface area contributed by atoms with Crippen molar-refractivity contribution in [3.63, 3.8) is 0 Å². The normalized spacial score (nSPS) is 11.2. The van der Waals surface area contributed by atoms with Gasteiger partial charge in [0.05, 0.1) is 10.5 Å². The molecule has 0 aliphatic rings. The molecule has 0 unspecified atom stereocenters. The third-order valence-corrected chi connectivity index (χ3v) is 2.63. The quantitative estimate of drug-likeness (QED) is 0.516. The van der Waals surface area contributed by atoms with Gasteiger partial charge >= 0.3 is 6.18 Å². The number of nitro groups is 1. The number of alkyl halides is 3. The van der Waals surface area contributed by atoms with Crippen molar-refractivity contribution in [1.29, 1.82) is 0 Å². The third-order valence-electron chi connectivity index (χ3n) is 2.63. The van der Waals surface area contributed by atoms with Crippen LogP contribution in [-0.4, -0.2) is 4.92 Å². The minimum absolute atomic E-state index is 0.154. The van der Waals surface area contributed by atoms with Gasteiger partial charge in [-0.05, 0) is 30.3 Å². The largest absolute Gasteiger partial charge is 0.416 e. The van der Waals surface area contributed by atoms with Crippen molar-refractivity contribution >= 4 is 17.1 Å². The molecule has 21 heavy (non-hydrogen) atoms. The van der Waals surface area contributed by atoms with Gasteiger partial charge in [0, 0.05) is 11.8 Å². The molecule has 1 N–H and O–H groups in total. The standard InChI is InChI=1S/C13H8F4N2O2/c14-9-2-1-3-10(7-9)18-11-5-4-8(13(15,16)17)6-12(11)19(20)21/h1-7,18H. The Labute approximate surface area is 116 Å². The zero-order valence-corrected chi connectivity index (χ0v) is 10.3. The molecule has 0 aliphatic heterocycles. The molecule has 2 rings (SSSR count). The van der Waals surface area contributed by atoms with Gasteiger partial charge < -0.3 is 5.32 Å². The summed E-state index contributed by atoms with van der Waals surface area (Å²) < 4.78 is 50.7. The smallest absolute Gasteiger partial charge is 0.350 e. The number of anilines is 2. The van der Waals surface area contributed by atoms with Gasteiger partial charge in [0.25, 0.3) is 5.69 Å². The lowest BCUT2D eigenvalue weighted by Gasteiger charge is -2.10. The highest BCUT2D eigenvalue weighted by atomic mass is 19.4. The second-order valence-electron chi connectivity index (χ2n) is 4.12. The van der Waals surface area contributed by atoms with Gasteiger partial charge in [0.2, 0.25) is 0 Å². The predicted octanol–water partition coefficient (Wildman–Crippen LogP) is 4.50. The van der Waals surface area contributed by atoms with Gasteiger partial charge in [-0.1, -0.05) is 6.07 Å². The van der Waals surface area contributed by atoms with Gasteiger partial charge in [-0.15, -0.1) is 0 Å². The Morgan fingerprint density at radius 3 is 2.38 bits per heavy atom. The summed E-state index contributed by atoms with van der Waals surface area (Å²) in [6, 6.07) is 7.13. The van der Waals surface area contributed by atoms with Crippen molar-refractivity contribution < 1.29 is 22.5 Å². The molecule has 0 aliphatic carbocycles. The third kappa shape index (κ3) is 3.47. The Morgan fingerprint density at radius 1 is 1.10 bits per heavy atom. The van der Waals surface area contributed by atoms with Crippen LogP contribution in [0.15, 0.2) is 42.5 Å². The lowest BCUT2D eigenvalue weighted by Crippen LogP contribution is -2.06. The number of rotatable bonds is 3. The SMILES string of the molecule is O=[N+]([O-])c1cc(C(F)(F)F)ccc1Nc1cccc(F)c1. The number of hydrogen-bond donors (Lipinski definition) is 1. The van der Waals surface area contributed by atoms with Crippen molar-refractivity contribution in [2.24, 2.45) is 0 Å². The van der Waals surface area contributed by atoms with E-state index < -0.39 is 28.2 Å². The van der Waals surface area contributed by atoms with E-state index in [4.69, 9.17) is 0 Å². The van der Waals surface area contributed by atoms with Crippen LogP contribution in [0.4, 0.5) is 34.6 Å². The number of nitro benzene ring substituents is 1. The second kappa shape index (κ2) is 5.39. The molecule has 0 spiro atoms. The van der Waals surface area contributed by atoms with E-state index in [0.29, 0.717) is 12.1 Å². The first-order chi connectivity index (χ1) is 9.77. The summed E-state index contributed by atoms with van der Waals surface area (Å²) in [6.45, 7) is 0. The fourth-order valence-electron chi connectivity index (χ4n) is 1.69. The first kappa shape index (κ1) is 14.8. The number of nitrogens with zero attached hydrogens (tertiary/aromatic N) is 1. The van der Waals surface area contributed by atoms with Crippen LogP contribution in [0, 0.1) is 15.9 Å². The molecule has 0 saturated carbocycles. The Kier molecular flexibility index (Phi) is 3.79. The summed E-state index contributed by atoms with van der Waals surface area (Å²) in [5.41, 5.74) is -1.83. The van der Waals surface area contributed by atoms with E-state index in [1.165, 1.54) is 18.2 Å². The maximum absolute atomic E-state index is 13.0. The van der Waals surface area contributed by atoms with E-state index in [-0.39, 0.29) is 11.4 Å². The average molecular weight is 300 g/mol. The number of nitrogens with one attached hydrogen (secondary N) is 1. The zero-order valence-electron chi connectivity index (χ0n) is 10.3. The number of hydrogen-bond acceptors (Lipinski definition) is 3. The molecule has 0 heterocycles. The summed E-state index contributed by atoms with van der Waals surface area (Å²) in [4.78, 5) is 9.95. The summed E-state index contributed by atoms with van der Waals surface area (Å²) >= 11 is 0. The summed E-state index contributed by atoms with van der Waals surface area (Å²) in [5, 5.41) is 13.4. The van der Waals surface area contributed by atoms with Gasteiger partial charge in [0.15, 0.2) is 0 Å². The zero-order chi connectivity index (χ0) is 15.6. The Balaban J connectivity index is 2.42. The van der Waals surface area contributed by atoms with Crippen LogP contribution in [0.1, 0.15) is 5.56 Å². The molecule has 8 heteroatoms. The molecule has 2 aromatic rings. The van der Waals surface area contributed by atoms with E-state index in [0.717, 1.165) is 12.1 Å². The Hall–Kier alpha value is -2.64. The topological polar surface area (TPSA) is 55.2 Å². The Bertz CT molecular complexity index is 686. The van der Waals surface area contributed by atoms with Gasteiger partial charge in [-0.25, -0.2) is 4.39 Å². The molecule has 0 atom stereocenters. The lowest BCUT2D eigenvalue weighted by atomic mass is 10.1. The van der Waals surface area contributed by atoms with Crippen LogP contribution in [0.25, 0.3) is 0 Å². The molecule has 0 bridgehead atoms. The maximum atomic E-state index is 13.0. The fourth-order valence-corrected chi connectivity index (χ4v) is 1.69. The minimum atomic E-state index is -4.68. The van der Waals surface area contributed by atoms with Crippen LogP contribution in [0.3, 0.4) is 0 Å². The predicted molar refractivity (Wildman–Crippen MR) is 67.8 cm³/mol. The summed E-state index contributed by atoms with van der Waals surface area (Å²) in [6.07, 6.45) is -4.68. The van der Waals surface area contributed by atoms with Crippen LogP contribution < -0.4 is 5.32 Å². The highest BCUT2D eigenvalue weighted by Crippen LogP contribution is 2.36. The van der Waals surface area contributed by atoms with E-state index in [1.807, 2.05) is 0 Å². The van der Waals surface area contributed by atoms with Crippen LogP contribution >= 0.6 is 0 Å². The molecule has 110 valence electrons. The minimum Gasteiger partial charge on any atom is -0.350 e. The molecular weight excluding hydrogens is 292 g/mol. The molecule has 0 fully saturated rings. The maximum Gasteiger partial charge on any atom is 0.416 e. The van der Waals surface area contributed by atoms with Crippen LogP contribution in [0.5, 0.6) is 0 Å². The molecule has 4 nitrogen and oxygen atoms in total. The highest BCUT2D eigenvalue weighted by molar-refractivity contribution is 5.70. The molecule has 0 amide bonds. The van der Waals surface area contributed by atoms with Crippen molar-refractivity contribution in [3.05, 3.63) is 64.0 Å². The van der Waals surface area contributed by atoms with Crippen molar-refractivity contribution in [3.8, 4) is 0 Å². The lowest BCUT2D eigenvalue weighted by molar-refractivity contribution is -0.384. The van der Waals surface area contributed by atoms with E-state index in [2.05, 4.69) is 5.32 Å². The van der Waals surface area contributed by atoms with Crippen molar-refractivity contribution in [2.75, 3.05) is 5.32 Å². The molecular formula is C13H8F4N2O2. The molecule has 0 radical (unpaired) electrons. The average Bonchev–Trinajstić information content (AvgIpc) is 2.37. The molecule has 0 saturated heterocycles. The van der Waals surface area contributed by atoms with E-state index in [9.17, 15) is 27.7 Å². The van der Waals surface area contributed by atoms with Crippen LogP contribution in [0.2, 0.25) is 0 Å². The first-order valence-corrected chi connectivity index (χ1v) is 5.65. The fraction of sp³-hybridized carbons (Fsp3) is 0.0769. The van der Waals surface area contributed by atoms with Gasteiger partial charge in [0.1, 0.15) is 11.5 Å². The second-order valence-corrected chi connectivity index (χ2v) is 4.12.